The Labute approximate surface area is 147 Å². The van der Waals surface area contributed by atoms with E-state index in [2.05, 4.69) is 9.13 Å². The fourth-order valence-electron chi connectivity index (χ4n) is 1.98. The van der Waals surface area contributed by atoms with Crippen LogP contribution >= 0.6 is 0 Å². The Kier molecular flexibility index (Phi) is 6.30. The molecule has 6 nitrogen and oxygen atoms in total. The number of esters is 1. The number of hydrogen-bond donors (Lipinski definition) is 0. The summed E-state index contributed by atoms with van der Waals surface area (Å²) in [7, 11) is -2.72. The molecule has 0 amide bonds. The van der Waals surface area contributed by atoms with Gasteiger partial charge in [-0.15, -0.1) is 4.40 Å². The van der Waals surface area contributed by atoms with Crippen molar-refractivity contribution in [3.63, 3.8) is 0 Å². The molecule has 132 valence electrons. The molecule has 0 saturated heterocycles. The van der Waals surface area contributed by atoms with E-state index >= 15 is 0 Å². The minimum atomic E-state index is -3.94. The van der Waals surface area contributed by atoms with E-state index in [0.717, 1.165) is 11.1 Å². The number of sulfonamides is 1. The summed E-state index contributed by atoms with van der Waals surface area (Å²) in [5, 5.41) is 0. The van der Waals surface area contributed by atoms with E-state index in [1.165, 1.54) is 19.2 Å². The van der Waals surface area contributed by atoms with E-state index in [1.54, 1.807) is 12.1 Å². The van der Waals surface area contributed by atoms with Gasteiger partial charge in [0, 0.05) is 6.42 Å². The smallest absolute Gasteiger partial charge is 0.343 e. The van der Waals surface area contributed by atoms with Crippen LogP contribution in [0.2, 0.25) is 0 Å². The highest BCUT2D eigenvalue weighted by Crippen LogP contribution is 2.14. The molecule has 0 aliphatic rings. The van der Waals surface area contributed by atoms with Crippen molar-refractivity contribution in [3.05, 3.63) is 65.7 Å². The molecule has 2 aromatic carbocycles. The van der Waals surface area contributed by atoms with Crippen molar-refractivity contribution in [2.75, 3.05) is 13.7 Å². The molecule has 0 aromatic heterocycles. The first kappa shape index (κ1) is 18.7. The van der Waals surface area contributed by atoms with Crippen LogP contribution in [0.4, 0.5) is 0 Å². The molecule has 0 radical (unpaired) electrons. The minimum absolute atomic E-state index is 0.0605. The molecule has 0 saturated carbocycles. The van der Waals surface area contributed by atoms with E-state index in [-0.39, 0.29) is 17.2 Å². The summed E-state index contributed by atoms with van der Waals surface area (Å²) in [6.45, 7) is 1.45. The van der Waals surface area contributed by atoms with Crippen LogP contribution < -0.4 is 0 Å². The van der Waals surface area contributed by atoms with Gasteiger partial charge in [-0.25, -0.2) is 4.79 Å². The first-order valence-electron chi connectivity index (χ1n) is 7.55. The van der Waals surface area contributed by atoms with Gasteiger partial charge >= 0.3 is 5.97 Å². The molecular weight excluding hydrogens is 342 g/mol. The van der Waals surface area contributed by atoms with E-state index in [1.807, 2.05) is 37.3 Å². The van der Waals surface area contributed by atoms with Crippen LogP contribution in [0, 0.1) is 6.92 Å². The van der Waals surface area contributed by atoms with Gasteiger partial charge in [-0.05, 0) is 24.6 Å². The number of hydrogen-bond acceptors (Lipinski definition) is 5. The van der Waals surface area contributed by atoms with Crippen LogP contribution in [0.25, 0.3) is 0 Å². The molecule has 0 heterocycles. The average Bonchev–Trinajstić information content (AvgIpc) is 2.60. The van der Waals surface area contributed by atoms with Crippen LogP contribution in [-0.4, -0.2) is 34.0 Å². The zero-order chi connectivity index (χ0) is 18.3. The zero-order valence-corrected chi connectivity index (χ0v) is 14.8. The Morgan fingerprint density at radius 1 is 1.04 bits per heavy atom. The van der Waals surface area contributed by atoms with Gasteiger partial charge < -0.3 is 9.47 Å². The summed E-state index contributed by atoms with van der Waals surface area (Å²) >= 11 is 0. The van der Waals surface area contributed by atoms with E-state index in [0.29, 0.717) is 0 Å². The monoisotopic (exact) mass is 361 g/mol. The van der Waals surface area contributed by atoms with Crippen molar-refractivity contribution < 1.29 is 22.7 Å². The summed E-state index contributed by atoms with van der Waals surface area (Å²) in [4.78, 5) is 11.4. The Hall–Kier alpha value is -2.67. The van der Waals surface area contributed by atoms with Gasteiger partial charge in [0.25, 0.3) is 10.0 Å². The molecule has 0 unspecified atom stereocenters. The quantitative estimate of drug-likeness (QED) is 0.449. The third-order valence-electron chi connectivity index (χ3n) is 3.32. The van der Waals surface area contributed by atoms with Gasteiger partial charge in [0.2, 0.25) is 5.90 Å². The number of ether oxygens (including phenoxy) is 2. The standard InChI is InChI=1S/C18H19NO5S/c1-14-8-10-16(11-9-14)25(21,22)19-17(24-13-18(20)23-2)12-15-6-4-3-5-7-15/h3-11H,12-13H2,1-2H3/b19-17-. The van der Waals surface area contributed by atoms with Crippen LogP contribution in [0.5, 0.6) is 0 Å². The van der Waals surface area contributed by atoms with Gasteiger partial charge in [-0.1, -0.05) is 48.0 Å². The number of rotatable bonds is 6. The maximum atomic E-state index is 12.5. The van der Waals surface area contributed by atoms with Gasteiger partial charge in [0.1, 0.15) is 0 Å². The lowest BCUT2D eigenvalue weighted by Crippen LogP contribution is -2.18. The topological polar surface area (TPSA) is 82.0 Å². The highest BCUT2D eigenvalue weighted by molar-refractivity contribution is 7.90. The Morgan fingerprint density at radius 2 is 1.68 bits per heavy atom. The normalized spacial score (nSPS) is 11.8. The van der Waals surface area contributed by atoms with Gasteiger partial charge in [-0.2, -0.15) is 8.42 Å². The Bertz CT molecular complexity index is 843. The first-order chi connectivity index (χ1) is 11.9. The highest BCUT2D eigenvalue weighted by atomic mass is 32.2. The predicted molar refractivity (Wildman–Crippen MR) is 93.9 cm³/mol. The summed E-state index contributed by atoms with van der Waals surface area (Å²) in [6, 6.07) is 15.5. The maximum absolute atomic E-state index is 12.5. The van der Waals surface area contributed by atoms with Crippen molar-refractivity contribution in [2.24, 2.45) is 4.40 Å². The number of aryl methyl sites for hydroxylation is 1. The lowest BCUT2D eigenvalue weighted by molar-refractivity contribution is -0.143. The number of carbonyl (C=O) groups excluding carboxylic acids is 1. The van der Waals surface area contributed by atoms with E-state index in [9.17, 15) is 13.2 Å². The third kappa shape index (κ3) is 5.72. The SMILES string of the molecule is COC(=O)CO/C(Cc1ccccc1)=N\S(=O)(=O)c1ccc(C)cc1. The van der Waals surface area contributed by atoms with Crippen LogP contribution in [-0.2, 0) is 30.7 Å². The van der Waals surface area contributed by atoms with Crippen molar-refractivity contribution in [3.8, 4) is 0 Å². The summed E-state index contributed by atoms with van der Waals surface area (Å²) in [5.41, 5.74) is 1.75. The molecule has 25 heavy (non-hydrogen) atoms. The molecule has 0 atom stereocenters. The minimum Gasteiger partial charge on any atom is -0.468 e. The zero-order valence-electron chi connectivity index (χ0n) is 14.0. The van der Waals surface area contributed by atoms with E-state index in [4.69, 9.17) is 4.74 Å². The third-order valence-corrected chi connectivity index (χ3v) is 4.64. The molecule has 0 N–H and O–H groups in total. The first-order valence-corrected chi connectivity index (χ1v) is 8.99. The molecule has 2 aromatic rings. The van der Waals surface area contributed by atoms with Crippen LogP contribution in [0.3, 0.4) is 0 Å². The number of carbonyl (C=O) groups is 1. The van der Waals surface area contributed by atoms with Gasteiger partial charge in [-0.3, -0.25) is 0 Å². The fourth-order valence-corrected chi connectivity index (χ4v) is 2.95. The van der Waals surface area contributed by atoms with Gasteiger partial charge in [0.15, 0.2) is 6.61 Å². The van der Waals surface area contributed by atoms with Crippen LogP contribution in [0.1, 0.15) is 11.1 Å². The second-order valence-corrected chi connectivity index (χ2v) is 6.90. The molecule has 0 spiro atoms. The molecule has 7 heteroatoms. The summed E-state index contributed by atoms with van der Waals surface area (Å²) in [6.07, 6.45) is 0.142. The summed E-state index contributed by atoms with van der Waals surface area (Å²) < 4.78 is 38.5. The molecule has 0 aliphatic carbocycles. The lowest BCUT2D eigenvalue weighted by atomic mass is 10.1. The second-order valence-electron chi connectivity index (χ2n) is 5.30. The largest absolute Gasteiger partial charge is 0.468 e. The van der Waals surface area contributed by atoms with Crippen molar-refractivity contribution >= 4 is 21.9 Å². The highest BCUT2D eigenvalue weighted by Gasteiger charge is 2.16. The molecule has 0 bridgehead atoms. The number of nitrogens with zero attached hydrogens (tertiary/aromatic N) is 1. The molecule has 0 fully saturated rings. The molecule has 2 rings (SSSR count). The van der Waals surface area contributed by atoms with Gasteiger partial charge in [0.05, 0.1) is 12.0 Å². The van der Waals surface area contributed by atoms with Crippen molar-refractivity contribution in [1.29, 1.82) is 0 Å². The summed E-state index contributed by atoms with van der Waals surface area (Å²) in [5.74, 6) is -0.689. The number of benzene rings is 2. The lowest BCUT2D eigenvalue weighted by Gasteiger charge is -2.09. The second kappa shape index (κ2) is 8.43. The Morgan fingerprint density at radius 3 is 2.28 bits per heavy atom. The van der Waals surface area contributed by atoms with Crippen molar-refractivity contribution in [1.82, 2.24) is 0 Å². The van der Waals surface area contributed by atoms with Crippen molar-refractivity contribution in [2.45, 2.75) is 18.2 Å². The maximum Gasteiger partial charge on any atom is 0.343 e. The van der Waals surface area contributed by atoms with Crippen LogP contribution in [0.15, 0.2) is 63.9 Å². The number of methoxy groups -OCH3 is 1. The van der Waals surface area contributed by atoms with E-state index < -0.39 is 22.6 Å². The molecule has 0 aliphatic heterocycles. The molecular formula is C18H19NO5S. The Balaban J connectivity index is 2.30. The average molecular weight is 361 g/mol. The fraction of sp³-hybridized carbons (Fsp3) is 0.222. The predicted octanol–water partition coefficient (Wildman–Crippen LogP) is 2.51.